The van der Waals surface area contributed by atoms with Gasteiger partial charge in [-0.25, -0.2) is 17.9 Å². The average Bonchev–Trinajstić information content (AvgIpc) is 2.78. The Labute approximate surface area is 197 Å². The molecule has 0 spiro atoms. The minimum Gasteiger partial charge on any atom is -0.493 e. The van der Waals surface area contributed by atoms with Gasteiger partial charge in [0.1, 0.15) is 5.75 Å². The van der Waals surface area contributed by atoms with Crippen LogP contribution in [0.25, 0.3) is 0 Å². The first-order chi connectivity index (χ1) is 15.8. The molecule has 9 heteroatoms. The molecule has 184 valence electrons. The lowest BCUT2D eigenvalue weighted by molar-refractivity contribution is -0.0227. The summed E-state index contributed by atoms with van der Waals surface area (Å²) in [5.41, 5.74) is 1.22. The molecule has 0 radical (unpaired) electrons. The zero-order chi connectivity index (χ0) is 23.8. The Hall–Kier alpha value is -2.10. The molecule has 2 atom stereocenters. The first-order valence-corrected chi connectivity index (χ1v) is 13.6. The number of nitrogens with zero attached hydrogens (tertiary/aromatic N) is 1. The summed E-state index contributed by atoms with van der Waals surface area (Å²) in [4.78, 5) is 13.0. The predicted molar refractivity (Wildman–Crippen MR) is 127 cm³/mol. The van der Waals surface area contributed by atoms with Crippen LogP contribution in [0.3, 0.4) is 0 Å². The van der Waals surface area contributed by atoms with Gasteiger partial charge < -0.3 is 19.5 Å². The molecule has 1 saturated heterocycles. The smallest absolute Gasteiger partial charge is 0.407 e. The third kappa shape index (κ3) is 7.45. The van der Waals surface area contributed by atoms with E-state index in [0.29, 0.717) is 31.9 Å². The maximum atomic E-state index is 11.8. The highest BCUT2D eigenvalue weighted by molar-refractivity contribution is 7.88. The van der Waals surface area contributed by atoms with Crippen LogP contribution in [0.2, 0.25) is 0 Å². The van der Waals surface area contributed by atoms with Crippen LogP contribution in [0.15, 0.2) is 36.9 Å². The normalized spacial score (nSPS) is 26.0. The number of piperidine rings is 1. The highest BCUT2D eigenvalue weighted by Gasteiger charge is 2.37. The Balaban J connectivity index is 1.57. The topological polar surface area (TPSA) is 105 Å². The monoisotopic (exact) mass is 480 g/mol. The molecule has 3 rings (SSSR count). The molecule has 0 bridgehead atoms. The van der Waals surface area contributed by atoms with E-state index in [1.807, 2.05) is 24.3 Å². The van der Waals surface area contributed by atoms with Gasteiger partial charge in [-0.05, 0) is 62.5 Å². The molecule has 1 aromatic carbocycles. The van der Waals surface area contributed by atoms with Crippen molar-refractivity contribution in [3.8, 4) is 5.75 Å². The van der Waals surface area contributed by atoms with Gasteiger partial charge in [0.25, 0.3) is 0 Å². The number of hydrogen-bond donors (Lipinski definition) is 2. The van der Waals surface area contributed by atoms with Crippen LogP contribution in [-0.2, 0) is 14.8 Å². The standard InChI is InChI=1S/C24H36N2O6S/c1-3-4-16-31-23-10-6-5-8-20(23)18-11-13-19(14-12-18)32-17-22-21(25-33(2,29)30)9-7-15-26(22)24(27)28/h3,5-6,8,10,18-19,21-22,25H,1,4,7,9,11-17H2,2H3,(H,27,28)/t18?,19?,21-,22-/m0/s1. The van der Waals surface area contributed by atoms with Crippen molar-refractivity contribution in [3.05, 3.63) is 42.5 Å². The lowest BCUT2D eigenvalue weighted by Crippen LogP contribution is -2.58. The Kier molecular flexibility index (Phi) is 9.17. The number of para-hydroxylation sites is 1. The van der Waals surface area contributed by atoms with Gasteiger partial charge in [0.15, 0.2) is 0 Å². The largest absolute Gasteiger partial charge is 0.493 e. The second-order valence-corrected chi connectivity index (χ2v) is 10.7. The van der Waals surface area contributed by atoms with E-state index in [1.165, 1.54) is 10.5 Å². The van der Waals surface area contributed by atoms with Crippen molar-refractivity contribution in [2.45, 2.75) is 69.1 Å². The highest BCUT2D eigenvalue weighted by atomic mass is 32.2. The van der Waals surface area contributed by atoms with Gasteiger partial charge in [0.05, 0.1) is 31.6 Å². The van der Waals surface area contributed by atoms with Crippen LogP contribution in [0.1, 0.15) is 56.4 Å². The molecule has 1 aromatic rings. The molecule has 0 aromatic heterocycles. The number of benzene rings is 1. The maximum absolute atomic E-state index is 11.8. The maximum Gasteiger partial charge on any atom is 0.407 e. The van der Waals surface area contributed by atoms with Gasteiger partial charge in [-0.3, -0.25) is 0 Å². The molecule has 0 unspecified atom stereocenters. The van der Waals surface area contributed by atoms with E-state index >= 15 is 0 Å². The van der Waals surface area contributed by atoms with Crippen molar-refractivity contribution in [1.29, 1.82) is 0 Å². The minimum absolute atomic E-state index is 0.0338. The quantitative estimate of drug-likeness (QED) is 0.390. The van der Waals surface area contributed by atoms with E-state index in [2.05, 4.69) is 17.4 Å². The van der Waals surface area contributed by atoms with Crippen LogP contribution in [0, 0.1) is 0 Å². The number of carboxylic acid groups (broad SMARTS) is 1. The summed E-state index contributed by atoms with van der Waals surface area (Å²) in [6, 6.07) is 7.17. The second kappa shape index (κ2) is 11.9. The first kappa shape index (κ1) is 25.5. The van der Waals surface area contributed by atoms with E-state index in [4.69, 9.17) is 9.47 Å². The molecule has 33 heavy (non-hydrogen) atoms. The lowest BCUT2D eigenvalue weighted by Gasteiger charge is -2.40. The number of carbonyl (C=O) groups is 1. The number of sulfonamides is 1. The van der Waals surface area contributed by atoms with E-state index in [1.54, 1.807) is 0 Å². The van der Waals surface area contributed by atoms with Gasteiger partial charge in [-0.15, -0.1) is 6.58 Å². The van der Waals surface area contributed by atoms with Gasteiger partial charge in [0.2, 0.25) is 10.0 Å². The Morgan fingerprint density at radius 1 is 1.24 bits per heavy atom. The highest BCUT2D eigenvalue weighted by Crippen LogP contribution is 2.38. The van der Waals surface area contributed by atoms with E-state index < -0.39 is 28.2 Å². The minimum atomic E-state index is -3.44. The number of amides is 1. The van der Waals surface area contributed by atoms with Crippen molar-refractivity contribution >= 4 is 16.1 Å². The summed E-state index contributed by atoms with van der Waals surface area (Å²) in [6.07, 6.45) is 7.63. The fraction of sp³-hybridized carbons (Fsp3) is 0.625. The third-order valence-corrected chi connectivity index (χ3v) is 7.24. The van der Waals surface area contributed by atoms with E-state index in [0.717, 1.165) is 44.1 Å². The van der Waals surface area contributed by atoms with Crippen LogP contribution in [0.5, 0.6) is 5.75 Å². The Bertz CT molecular complexity index is 898. The lowest BCUT2D eigenvalue weighted by atomic mass is 9.82. The Morgan fingerprint density at radius 3 is 2.64 bits per heavy atom. The summed E-state index contributed by atoms with van der Waals surface area (Å²) in [6.45, 7) is 4.93. The first-order valence-electron chi connectivity index (χ1n) is 11.7. The molecule has 2 aliphatic rings. The summed E-state index contributed by atoms with van der Waals surface area (Å²) in [5.74, 6) is 1.33. The van der Waals surface area contributed by atoms with Crippen molar-refractivity contribution in [3.63, 3.8) is 0 Å². The van der Waals surface area contributed by atoms with Crippen LogP contribution < -0.4 is 9.46 Å². The van der Waals surface area contributed by atoms with Gasteiger partial charge in [-0.2, -0.15) is 0 Å². The zero-order valence-electron chi connectivity index (χ0n) is 19.3. The molecular formula is C24H36N2O6S. The SMILES string of the molecule is C=CCCOc1ccccc1C1CCC(OC[C@H]2[C@@H](NS(C)(=O)=O)CCCN2C(=O)O)CC1. The van der Waals surface area contributed by atoms with E-state index in [-0.39, 0.29) is 12.7 Å². The summed E-state index contributed by atoms with van der Waals surface area (Å²) >= 11 is 0. The molecule has 1 amide bonds. The van der Waals surface area contributed by atoms with Crippen molar-refractivity contribution in [1.82, 2.24) is 9.62 Å². The summed E-state index contributed by atoms with van der Waals surface area (Å²) in [5, 5.41) is 9.60. The molecule has 1 heterocycles. The van der Waals surface area contributed by atoms with Gasteiger partial charge in [0, 0.05) is 12.6 Å². The van der Waals surface area contributed by atoms with E-state index in [9.17, 15) is 18.3 Å². The molecule has 1 aliphatic heterocycles. The number of ether oxygens (including phenoxy) is 2. The van der Waals surface area contributed by atoms with Crippen LogP contribution in [-0.4, -0.2) is 68.7 Å². The second-order valence-electron chi connectivity index (χ2n) is 8.95. The third-order valence-electron chi connectivity index (χ3n) is 6.51. The van der Waals surface area contributed by atoms with Crippen molar-refractivity contribution < 1.29 is 27.8 Å². The van der Waals surface area contributed by atoms with Crippen molar-refractivity contribution in [2.24, 2.45) is 0 Å². The Morgan fingerprint density at radius 2 is 1.97 bits per heavy atom. The molecule has 2 fully saturated rings. The fourth-order valence-electron chi connectivity index (χ4n) is 4.89. The van der Waals surface area contributed by atoms with Crippen LogP contribution >= 0.6 is 0 Å². The van der Waals surface area contributed by atoms with Gasteiger partial charge in [-0.1, -0.05) is 24.3 Å². The van der Waals surface area contributed by atoms with Gasteiger partial charge >= 0.3 is 6.09 Å². The number of rotatable bonds is 10. The number of hydrogen-bond acceptors (Lipinski definition) is 5. The fourth-order valence-corrected chi connectivity index (χ4v) is 5.71. The predicted octanol–water partition coefficient (Wildman–Crippen LogP) is 3.74. The molecular weight excluding hydrogens is 444 g/mol. The average molecular weight is 481 g/mol. The summed E-state index contributed by atoms with van der Waals surface area (Å²) in [7, 11) is -3.44. The molecule has 8 nitrogen and oxygen atoms in total. The zero-order valence-corrected chi connectivity index (χ0v) is 20.1. The molecule has 1 saturated carbocycles. The summed E-state index contributed by atoms with van der Waals surface area (Å²) < 4.78 is 38.3. The van der Waals surface area contributed by atoms with Crippen molar-refractivity contribution in [2.75, 3.05) is 26.0 Å². The van der Waals surface area contributed by atoms with Crippen LogP contribution in [0.4, 0.5) is 4.79 Å². The number of likely N-dealkylation sites (tertiary alicyclic amines) is 1. The molecule has 2 N–H and O–H groups in total. The number of nitrogens with one attached hydrogen (secondary N) is 1. The molecule has 1 aliphatic carbocycles.